The maximum absolute atomic E-state index is 12.3. The number of quaternary nitrogens is 2. The van der Waals surface area contributed by atoms with Crippen LogP contribution in [0.2, 0.25) is 181 Å². The predicted molar refractivity (Wildman–Crippen MR) is 579 cm³/mol. The summed E-state index contributed by atoms with van der Waals surface area (Å²) in [5, 5.41) is 42.5. The molecule has 0 fully saturated rings. The number of carboxylic acid groups (broad SMARTS) is 4. The summed E-state index contributed by atoms with van der Waals surface area (Å²) in [6, 6.07) is 4.51. The fourth-order valence-corrected chi connectivity index (χ4v) is 65.6. The second-order valence-electron chi connectivity index (χ2n) is 41.8. The van der Waals surface area contributed by atoms with Crippen molar-refractivity contribution in [3.05, 3.63) is 73.9 Å². The molecule has 141 heavy (non-hydrogen) atoms. The largest absolute Gasteiger partial charge is 0.550 e. The Balaban J connectivity index is -0.000000312. The van der Waals surface area contributed by atoms with Gasteiger partial charge >= 0.3 is 104 Å². The minimum absolute atomic E-state index is 0. The molecular weight excluding hydrogens is 2020 g/mol. The third-order valence-corrected chi connectivity index (χ3v) is 60.6. The second-order valence-corrected chi connectivity index (χ2v) is 88.0. The van der Waals surface area contributed by atoms with E-state index in [4.69, 9.17) is 79.0 Å². The van der Waals surface area contributed by atoms with Gasteiger partial charge < -0.3 is 139 Å². The second kappa shape index (κ2) is 75.7. The number of esters is 6. The highest BCUT2D eigenvalue weighted by atomic mass is 28.5. The SMILES string of the molecule is C=C(CC(=O)[O-])C(=O)OCCCO[Si](C)(C)O[Si](C)(C)O[Si](C)(C)CCCC.C=C(CC(=O)[O-])C(=O)OCCCO[Si](C)(C)O[Si](C)(C)O[Si](C)(C)CCCC.C=C(CC(=O)[O-])C(=O)OCCCO[Si](C)(C)O[Si](C)(C)O[Si](C)(C)CCCC.C=CC(=O)OCCN(C)C.C=CC(=O)OCCN(C)C.CCCC[Si](C)(C)O[Si](C)(C)O[Si](C)(C)OCCCOC(=O)C1CC=CCC1C(=O)[O-].C[N+](C)(C)C.[NH4+]. The minimum Gasteiger partial charge on any atom is -0.550 e. The normalized spacial score (nSPS) is 13.7. The quantitative estimate of drug-likeness (QED) is 0.0112. The van der Waals surface area contributed by atoms with Crippen LogP contribution in [0.25, 0.3) is 0 Å². The van der Waals surface area contributed by atoms with Gasteiger partial charge in [0.2, 0.25) is 0 Å². The van der Waals surface area contributed by atoms with Crippen LogP contribution in [0.5, 0.6) is 0 Å². The van der Waals surface area contributed by atoms with Crippen molar-refractivity contribution in [2.45, 2.75) is 318 Å². The molecule has 48 heteroatoms. The topological polar surface area (TPSA) is 472 Å². The van der Waals surface area contributed by atoms with E-state index in [-0.39, 0.29) is 61.2 Å². The summed E-state index contributed by atoms with van der Waals surface area (Å²) in [4.78, 5) is 114. The summed E-state index contributed by atoms with van der Waals surface area (Å²) < 4.78 is 106. The molecule has 1 aliphatic rings. The van der Waals surface area contributed by atoms with E-state index in [2.05, 4.69) is 194 Å². The lowest BCUT2D eigenvalue weighted by Gasteiger charge is -2.38. The first-order valence-electron chi connectivity index (χ1n) is 48.7. The molecule has 0 aromatic rings. The zero-order valence-electron chi connectivity index (χ0n) is 94.2. The van der Waals surface area contributed by atoms with Crippen molar-refractivity contribution in [2.75, 3.05) is 136 Å². The molecular formula is C93H194N4O32Si12-2. The number of ether oxygens (including phenoxy) is 6. The molecule has 1 aliphatic carbocycles. The van der Waals surface area contributed by atoms with Crippen LogP contribution in [-0.4, -0.2) is 311 Å². The van der Waals surface area contributed by atoms with E-state index in [0.717, 1.165) is 73.2 Å². The smallest absolute Gasteiger partial charge is 0.333 e. The lowest BCUT2D eigenvalue weighted by atomic mass is 9.83. The first-order valence-corrected chi connectivity index (χ1v) is 83.7. The molecule has 36 nitrogen and oxygen atoms in total. The molecule has 0 heterocycles. The molecule has 828 valence electrons. The molecule has 0 amide bonds. The summed E-state index contributed by atoms with van der Waals surface area (Å²) in [5.41, 5.74) is -0.379. The number of aliphatic carboxylic acids is 4. The highest BCUT2D eigenvalue weighted by Crippen LogP contribution is 2.31. The number of likely N-dealkylation sites (N-methyl/N-ethyl adjacent to an activating group) is 2. The number of carboxylic acids is 4. The van der Waals surface area contributed by atoms with Crippen LogP contribution in [0.15, 0.2) is 73.9 Å². The van der Waals surface area contributed by atoms with Crippen LogP contribution in [0.4, 0.5) is 0 Å². The number of hydrogen-bond donors (Lipinski definition) is 1. The summed E-state index contributed by atoms with van der Waals surface area (Å²) in [6.07, 6.45) is 16.4. The monoisotopic (exact) mass is 2220 g/mol. The minimum atomic E-state index is -2.38. The lowest BCUT2D eigenvalue weighted by molar-refractivity contribution is -0.849. The predicted octanol–water partition coefficient (Wildman–Crippen LogP) is 14.2. The van der Waals surface area contributed by atoms with E-state index in [1.165, 1.54) is 32.1 Å². The van der Waals surface area contributed by atoms with Crippen molar-refractivity contribution in [3.63, 3.8) is 0 Å². The van der Waals surface area contributed by atoms with Gasteiger partial charge in [0.25, 0.3) is 0 Å². The number of unbranched alkanes of at least 4 members (excludes halogenated alkanes) is 4. The zero-order chi connectivity index (χ0) is 110. The van der Waals surface area contributed by atoms with Gasteiger partial charge in [-0.05, 0) is 222 Å². The van der Waals surface area contributed by atoms with Crippen LogP contribution in [-0.2, 0) is 127 Å². The van der Waals surface area contributed by atoms with E-state index in [1.807, 2.05) is 96.4 Å². The molecule has 0 spiro atoms. The summed E-state index contributed by atoms with van der Waals surface area (Å²) in [5.74, 6) is -10.1. The number of rotatable bonds is 67. The molecule has 1 rings (SSSR count). The van der Waals surface area contributed by atoms with Crippen LogP contribution in [0, 0.1) is 11.8 Å². The highest BCUT2D eigenvalue weighted by Gasteiger charge is 2.45. The fraction of sp³-hybridized carbons (Fsp3) is 0.763. The van der Waals surface area contributed by atoms with Gasteiger partial charge in [0.05, 0.1) is 60.5 Å². The van der Waals surface area contributed by atoms with Crippen molar-refractivity contribution in [1.82, 2.24) is 16.0 Å². The Bertz CT molecular complexity index is 3420. The van der Waals surface area contributed by atoms with Crippen LogP contribution >= 0.6 is 0 Å². The average Bonchev–Trinajstić information content (AvgIpc) is 0.856. The Morgan fingerprint density at radius 2 is 0.539 bits per heavy atom. The number of nitrogens with zero attached hydrogens (tertiary/aromatic N) is 3. The van der Waals surface area contributed by atoms with Crippen molar-refractivity contribution in [2.24, 2.45) is 11.8 Å². The Hall–Kier alpha value is -4.90. The van der Waals surface area contributed by atoms with Crippen LogP contribution in [0.3, 0.4) is 0 Å². The van der Waals surface area contributed by atoms with Crippen molar-refractivity contribution < 1.29 is 152 Å². The zero-order valence-corrected chi connectivity index (χ0v) is 106. The first-order chi connectivity index (χ1) is 63.7. The Morgan fingerprint density at radius 3 is 0.730 bits per heavy atom. The molecule has 0 aliphatic heterocycles. The van der Waals surface area contributed by atoms with Crippen molar-refractivity contribution >= 4 is 161 Å². The van der Waals surface area contributed by atoms with E-state index in [1.54, 1.807) is 6.08 Å². The third kappa shape index (κ3) is 95.8. The molecule has 0 bridgehead atoms. The van der Waals surface area contributed by atoms with Gasteiger partial charge in [-0.3, -0.25) is 4.79 Å². The molecule has 4 N–H and O–H groups in total. The van der Waals surface area contributed by atoms with E-state index < -0.39 is 181 Å². The summed E-state index contributed by atoms with van der Waals surface area (Å²) >= 11 is 0. The maximum atomic E-state index is 12.3. The third-order valence-electron chi connectivity index (χ3n) is 18.4. The van der Waals surface area contributed by atoms with Gasteiger partial charge in [0.15, 0.2) is 33.3 Å². The molecule has 2 unspecified atom stereocenters. The molecule has 2 atom stereocenters. The number of hydrogen-bond acceptors (Lipinski definition) is 34. The van der Waals surface area contributed by atoms with Crippen LogP contribution in [0.1, 0.15) is 137 Å². The molecule has 0 aromatic heterocycles. The first kappa shape index (κ1) is 149. The molecule has 0 saturated heterocycles. The molecule has 0 radical (unpaired) electrons. The Kier molecular flexibility index (Phi) is 80.1. The van der Waals surface area contributed by atoms with E-state index in [0.29, 0.717) is 78.2 Å². The van der Waals surface area contributed by atoms with Gasteiger partial charge in [-0.2, -0.15) is 0 Å². The number of carbonyl (C=O) groups excluding carboxylic acids is 10. The molecule has 0 saturated carbocycles. The van der Waals surface area contributed by atoms with Gasteiger partial charge in [-0.25, -0.2) is 24.0 Å². The van der Waals surface area contributed by atoms with Gasteiger partial charge in [-0.1, -0.05) is 124 Å². The Labute approximate surface area is 863 Å². The van der Waals surface area contributed by atoms with Gasteiger partial charge in [-0.15, -0.1) is 0 Å². The highest BCUT2D eigenvalue weighted by molar-refractivity contribution is 6.89. The summed E-state index contributed by atoms with van der Waals surface area (Å²) in [7, 11) is -9.54. The average molecular weight is 2220 g/mol. The van der Waals surface area contributed by atoms with Gasteiger partial charge in [0, 0.05) is 143 Å². The summed E-state index contributed by atoms with van der Waals surface area (Å²) in [6.45, 7) is 80.3. The number of allylic oxidation sites excluding steroid dienone is 2. The lowest BCUT2D eigenvalue weighted by Crippen LogP contribution is -2.53. The van der Waals surface area contributed by atoms with Gasteiger partial charge in [0.1, 0.15) is 13.2 Å². The standard InChI is InChI=1S/C21H42O7Si3.3C18H38O7Si3.2C7H13NO2.C4H12N.H3N/c1-8-9-17-29(2,3)27-31(6,7)28-30(4,5)26-16-12-15-25-21(24)19-14-11-10-13-18(19)20(22)23;3*1-9-10-14-26(3,4)24-28(7,8)25-27(5,6)23-13-11-12-22-18(21)16(2)15-17(19)20;2*1-4-7(9)10-6-5-8(2)3;1-5(2,3)4;/h10-11,18-19H,8-9,12-17H2,1-7H3,(H,22,23);3*2,9-15H2,1,3-8H3,(H,19,20);2*4H,1,5-6H2,2-3H3;1-4H3;1H3/q;;;;;;+1;/p-3. The number of carbonyl (C=O) groups is 10. The van der Waals surface area contributed by atoms with E-state index in [9.17, 15) is 68.4 Å². The fourth-order valence-electron chi connectivity index (χ4n) is 13.3. The van der Waals surface area contributed by atoms with E-state index >= 15 is 0 Å². The van der Waals surface area contributed by atoms with Crippen molar-refractivity contribution in [3.8, 4) is 0 Å². The molecule has 0 aromatic carbocycles. The van der Waals surface area contributed by atoms with Crippen LogP contribution < -0.4 is 26.6 Å². The maximum Gasteiger partial charge on any atom is 0.333 e. The Morgan fingerprint density at radius 1 is 0.326 bits per heavy atom. The van der Waals surface area contributed by atoms with Crippen molar-refractivity contribution in [1.29, 1.82) is 0 Å².